The summed E-state index contributed by atoms with van der Waals surface area (Å²) in [6.45, 7) is 2.55. The molecule has 1 atom stereocenters. The van der Waals surface area contributed by atoms with E-state index >= 15 is 0 Å². The molecule has 5 rings (SSSR count). The Balaban J connectivity index is 1.49. The molecule has 0 aliphatic carbocycles. The molecule has 1 N–H and O–H groups in total. The maximum Gasteiger partial charge on any atom is 0.247 e. The lowest BCUT2D eigenvalue weighted by Gasteiger charge is -2.35. The third-order valence-electron chi connectivity index (χ3n) is 6.45. The molecule has 3 aromatic rings. The Kier molecular flexibility index (Phi) is 6.55. The highest BCUT2D eigenvalue weighted by atomic mass is 32.2. The SMILES string of the molecule is O=C(Nc1ccccc1N1CCOCC1)C1Cc2ccccc2CN1S(=O)(=O)c1ccccc1F. The van der Waals surface area contributed by atoms with E-state index in [2.05, 4.69) is 10.2 Å². The Bertz CT molecular complexity index is 1340. The van der Waals surface area contributed by atoms with Crippen LogP contribution in [0.4, 0.5) is 15.8 Å². The quantitative estimate of drug-likeness (QED) is 0.587. The molecule has 3 aromatic carbocycles. The maximum absolute atomic E-state index is 14.5. The van der Waals surface area contributed by atoms with Gasteiger partial charge in [-0.2, -0.15) is 4.31 Å². The molecule has 2 aliphatic rings. The minimum Gasteiger partial charge on any atom is -0.378 e. The number of fused-ring (bicyclic) bond motifs is 1. The fourth-order valence-corrected chi connectivity index (χ4v) is 6.26. The van der Waals surface area contributed by atoms with Gasteiger partial charge >= 0.3 is 0 Å². The zero-order valence-electron chi connectivity index (χ0n) is 19.1. The monoisotopic (exact) mass is 495 g/mol. The number of halogens is 1. The van der Waals surface area contributed by atoms with Crippen LogP contribution in [0.2, 0.25) is 0 Å². The summed E-state index contributed by atoms with van der Waals surface area (Å²) >= 11 is 0. The van der Waals surface area contributed by atoms with E-state index in [1.165, 1.54) is 18.2 Å². The second-order valence-electron chi connectivity index (χ2n) is 8.58. The van der Waals surface area contributed by atoms with Crippen LogP contribution in [-0.4, -0.2) is 51.0 Å². The average molecular weight is 496 g/mol. The molecule has 0 radical (unpaired) electrons. The van der Waals surface area contributed by atoms with Crippen molar-refractivity contribution in [2.75, 3.05) is 36.5 Å². The standard InChI is InChI=1S/C26H26FN3O4S/c27-21-9-3-6-12-25(21)35(32,33)30-18-20-8-2-1-7-19(20)17-24(30)26(31)28-22-10-4-5-11-23(22)29-13-15-34-16-14-29/h1-12,24H,13-18H2,(H,28,31). The Morgan fingerprint density at radius 1 is 0.914 bits per heavy atom. The number of anilines is 2. The first-order chi connectivity index (χ1) is 16.9. The summed E-state index contributed by atoms with van der Waals surface area (Å²) in [7, 11) is -4.28. The van der Waals surface area contributed by atoms with Crippen molar-refractivity contribution in [3.63, 3.8) is 0 Å². The summed E-state index contributed by atoms with van der Waals surface area (Å²) in [5, 5.41) is 2.96. The normalized spacial score (nSPS) is 18.7. The van der Waals surface area contributed by atoms with Crippen molar-refractivity contribution in [2.45, 2.75) is 23.9 Å². The number of para-hydroxylation sites is 2. The molecule has 0 bridgehead atoms. The second kappa shape index (κ2) is 9.77. The predicted octanol–water partition coefficient (Wildman–Crippen LogP) is 3.42. The lowest BCUT2D eigenvalue weighted by Crippen LogP contribution is -2.50. The molecule has 182 valence electrons. The summed E-state index contributed by atoms with van der Waals surface area (Å²) in [5.41, 5.74) is 3.14. The molecule has 1 fully saturated rings. The molecular formula is C26H26FN3O4S. The topological polar surface area (TPSA) is 79.0 Å². The van der Waals surface area contributed by atoms with E-state index in [4.69, 9.17) is 4.74 Å². The number of hydrogen-bond acceptors (Lipinski definition) is 5. The highest BCUT2D eigenvalue weighted by Crippen LogP contribution is 2.32. The molecule has 2 heterocycles. The van der Waals surface area contributed by atoms with E-state index in [0.29, 0.717) is 32.0 Å². The number of ether oxygens (including phenoxy) is 1. The summed E-state index contributed by atoms with van der Waals surface area (Å²) in [6, 6.07) is 19.1. The Morgan fingerprint density at radius 2 is 1.57 bits per heavy atom. The van der Waals surface area contributed by atoms with E-state index in [9.17, 15) is 17.6 Å². The lowest BCUT2D eigenvalue weighted by atomic mass is 9.95. The van der Waals surface area contributed by atoms with Gasteiger partial charge in [-0.25, -0.2) is 12.8 Å². The van der Waals surface area contributed by atoms with Gasteiger partial charge in [0.15, 0.2) is 0 Å². The number of carbonyl (C=O) groups is 1. The first-order valence-electron chi connectivity index (χ1n) is 11.5. The molecule has 1 saturated heterocycles. The Morgan fingerprint density at radius 3 is 2.34 bits per heavy atom. The zero-order chi connectivity index (χ0) is 24.4. The van der Waals surface area contributed by atoms with Crippen molar-refractivity contribution in [1.29, 1.82) is 0 Å². The fourth-order valence-electron chi connectivity index (χ4n) is 4.63. The van der Waals surface area contributed by atoms with E-state index in [0.717, 1.165) is 27.2 Å². The van der Waals surface area contributed by atoms with Gasteiger partial charge in [0, 0.05) is 19.6 Å². The zero-order valence-corrected chi connectivity index (χ0v) is 19.9. The number of carbonyl (C=O) groups excluding carboxylic acids is 1. The summed E-state index contributed by atoms with van der Waals surface area (Å²) in [5.74, 6) is -1.30. The highest BCUT2D eigenvalue weighted by Gasteiger charge is 2.40. The van der Waals surface area contributed by atoms with Crippen LogP contribution in [0.15, 0.2) is 77.7 Å². The number of nitrogens with one attached hydrogen (secondary N) is 1. The van der Waals surface area contributed by atoms with Crippen molar-refractivity contribution >= 4 is 27.3 Å². The van der Waals surface area contributed by atoms with E-state index < -0.39 is 32.7 Å². The molecule has 1 amide bonds. The lowest BCUT2D eigenvalue weighted by molar-refractivity contribution is -0.120. The van der Waals surface area contributed by atoms with E-state index in [1.54, 1.807) is 6.07 Å². The number of morpholine rings is 1. The van der Waals surface area contributed by atoms with Crippen LogP contribution in [-0.2, 0) is 32.5 Å². The van der Waals surface area contributed by atoms with Gasteiger partial charge in [0.2, 0.25) is 15.9 Å². The van der Waals surface area contributed by atoms with Gasteiger partial charge in [-0.15, -0.1) is 0 Å². The molecule has 7 nitrogen and oxygen atoms in total. The smallest absolute Gasteiger partial charge is 0.247 e. The van der Waals surface area contributed by atoms with Crippen LogP contribution in [0.1, 0.15) is 11.1 Å². The summed E-state index contributed by atoms with van der Waals surface area (Å²) < 4.78 is 48.3. The van der Waals surface area contributed by atoms with Gasteiger partial charge in [-0.3, -0.25) is 4.79 Å². The van der Waals surface area contributed by atoms with Crippen molar-refractivity contribution in [1.82, 2.24) is 4.31 Å². The van der Waals surface area contributed by atoms with Crippen LogP contribution in [0.5, 0.6) is 0 Å². The highest BCUT2D eigenvalue weighted by molar-refractivity contribution is 7.89. The minimum absolute atomic E-state index is 0.0178. The van der Waals surface area contributed by atoms with Crippen molar-refractivity contribution in [3.05, 3.63) is 89.7 Å². The third-order valence-corrected chi connectivity index (χ3v) is 8.33. The van der Waals surface area contributed by atoms with Gasteiger partial charge in [0.25, 0.3) is 0 Å². The van der Waals surface area contributed by atoms with Gasteiger partial charge in [0.05, 0.1) is 24.6 Å². The van der Waals surface area contributed by atoms with E-state index in [-0.39, 0.29) is 13.0 Å². The molecule has 9 heteroatoms. The van der Waals surface area contributed by atoms with Gasteiger partial charge in [-0.1, -0.05) is 48.5 Å². The van der Waals surface area contributed by atoms with Crippen molar-refractivity contribution in [3.8, 4) is 0 Å². The fraction of sp³-hybridized carbons (Fsp3) is 0.269. The van der Waals surface area contributed by atoms with Crippen LogP contribution in [0.25, 0.3) is 0 Å². The molecule has 1 unspecified atom stereocenters. The molecule has 35 heavy (non-hydrogen) atoms. The number of nitrogens with zero attached hydrogens (tertiary/aromatic N) is 2. The van der Waals surface area contributed by atoms with Crippen molar-refractivity contribution in [2.24, 2.45) is 0 Å². The van der Waals surface area contributed by atoms with Crippen LogP contribution in [0, 0.1) is 5.82 Å². The van der Waals surface area contributed by atoms with Crippen LogP contribution in [0.3, 0.4) is 0 Å². The van der Waals surface area contributed by atoms with Crippen LogP contribution < -0.4 is 10.2 Å². The number of benzene rings is 3. The summed E-state index contributed by atoms with van der Waals surface area (Å²) in [6.07, 6.45) is 0.190. The van der Waals surface area contributed by atoms with Crippen LogP contribution >= 0.6 is 0 Å². The first kappa shape index (κ1) is 23.5. The number of hydrogen-bond donors (Lipinski definition) is 1. The van der Waals surface area contributed by atoms with Gasteiger partial charge in [-0.05, 0) is 41.8 Å². The summed E-state index contributed by atoms with van der Waals surface area (Å²) in [4.78, 5) is 15.3. The number of rotatable bonds is 5. The molecule has 0 saturated carbocycles. The second-order valence-corrected chi connectivity index (χ2v) is 10.4. The predicted molar refractivity (Wildman–Crippen MR) is 131 cm³/mol. The molecule has 2 aliphatic heterocycles. The van der Waals surface area contributed by atoms with Crippen molar-refractivity contribution < 1.29 is 22.3 Å². The Labute approximate surface area is 204 Å². The largest absolute Gasteiger partial charge is 0.378 e. The third kappa shape index (κ3) is 4.67. The number of sulfonamides is 1. The number of amides is 1. The molecular weight excluding hydrogens is 469 g/mol. The van der Waals surface area contributed by atoms with E-state index in [1.807, 2.05) is 42.5 Å². The first-order valence-corrected chi connectivity index (χ1v) is 12.9. The maximum atomic E-state index is 14.5. The molecule has 0 aromatic heterocycles. The Hall–Kier alpha value is -3.27. The van der Waals surface area contributed by atoms with Gasteiger partial charge < -0.3 is 15.0 Å². The molecule has 0 spiro atoms. The van der Waals surface area contributed by atoms with Gasteiger partial charge in [0.1, 0.15) is 16.8 Å². The minimum atomic E-state index is -4.28. The average Bonchev–Trinajstić information content (AvgIpc) is 2.89.